The van der Waals surface area contributed by atoms with Crippen molar-refractivity contribution < 1.29 is 12.3 Å². The molecule has 1 aromatic rings. The van der Waals surface area contributed by atoms with E-state index in [-0.39, 0.29) is 0 Å². The van der Waals surface area contributed by atoms with Gasteiger partial charge in [0.1, 0.15) is 5.75 Å². The van der Waals surface area contributed by atoms with Gasteiger partial charge in [-0.1, -0.05) is 0 Å². The van der Waals surface area contributed by atoms with Crippen LogP contribution < -0.4 is 0 Å². The molecular weight excluding hydrogens is 267 g/mol. The number of aryl methyl sites for hydroxylation is 1. The zero-order valence-electron chi connectivity index (χ0n) is 6.17. The number of rotatable bonds is 2. The Labute approximate surface area is 82.8 Å². The lowest BCUT2D eigenvalue weighted by Gasteiger charge is -1.91. The highest BCUT2D eigenvalue weighted by molar-refractivity contribution is 9.10. The first kappa shape index (κ1) is 10.1. The first-order valence-electron chi connectivity index (χ1n) is 3.05. The van der Waals surface area contributed by atoms with E-state index >= 15 is 0 Å². The van der Waals surface area contributed by atoms with Gasteiger partial charge >= 0.3 is 10.2 Å². The minimum absolute atomic E-state index is 0.509. The first-order chi connectivity index (χ1) is 5.38. The summed E-state index contributed by atoms with van der Waals surface area (Å²) in [5.41, 5.74) is 0. The number of hydrogen-bond acceptors (Lipinski definition) is 3. The van der Waals surface area contributed by atoms with Gasteiger partial charge in [0.05, 0.1) is 0 Å². The molecule has 0 radical (unpaired) electrons. The van der Waals surface area contributed by atoms with Crippen LogP contribution in [0.3, 0.4) is 0 Å². The topological polar surface area (TPSA) is 34.1 Å². The molecule has 1 heterocycles. The predicted octanol–water partition coefficient (Wildman–Crippen LogP) is 2.62. The molecule has 12 heavy (non-hydrogen) atoms. The molecule has 0 spiro atoms. The van der Waals surface area contributed by atoms with E-state index in [1.54, 1.807) is 6.07 Å². The quantitative estimate of drug-likeness (QED) is 0.776. The van der Waals surface area contributed by atoms with Crippen molar-refractivity contribution in [2.75, 3.05) is 0 Å². The van der Waals surface area contributed by atoms with Crippen LogP contribution in [-0.2, 0) is 16.0 Å². The van der Waals surface area contributed by atoms with Gasteiger partial charge in [-0.15, -0.1) is 15.2 Å². The highest BCUT2D eigenvalue weighted by atomic mass is 79.9. The molecule has 6 heteroatoms. The summed E-state index contributed by atoms with van der Waals surface area (Å²) in [4.78, 5) is 1.47. The van der Waals surface area contributed by atoms with E-state index in [0.29, 0.717) is 9.35 Å². The highest BCUT2D eigenvalue weighted by Crippen LogP contribution is 2.28. The van der Waals surface area contributed by atoms with Crippen LogP contribution in [0, 0.1) is 6.92 Å². The maximum Gasteiger partial charge on any atom is 0.307 e. The fourth-order valence-corrected chi connectivity index (χ4v) is 3.70. The summed E-state index contributed by atoms with van der Waals surface area (Å²) < 4.78 is 33.4. The molecule has 0 amide bonds. The normalized spacial score (nSPS) is 11.9. The zero-order valence-corrected chi connectivity index (χ0v) is 9.39. The van der Waals surface area contributed by atoms with Crippen LogP contribution in [0.15, 0.2) is 10.5 Å². The van der Waals surface area contributed by atoms with Crippen LogP contribution in [0.5, 0.6) is 0 Å². The number of thiophene rings is 1. The maximum atomic E-state index is 12.2. The molecular formula is C6H6BrFO2S2. The van der Waals surface area contributed by atoms with Crippen molar-refractivity contribution >= 4 is 37.5 Å². The summed E-state index contributed by atoms with van der Waals surface area (Å²) in [7, 11) is -4.41. The number of hydrogen-bond donors (Lipinski definition) is 0. The minimum atomic E-state index is -4.41. The summed E-state index contributed by atoms with van der Waals surface area (Å²) in [5, 5.41) is 0. The van der Waals surface area contributed by atoms with E-state index in [1.165, 1.54) is 11.3 Å². The Hall–Kier alpha value is 0.0600. The van der Waals surface area contributed by atoms with E-state index in [9.17, 15) is 12.3 Å². The molecule has 0 aliphatic heterocycles. The Morgan fingerprint density at radius 1 is 1.67 bits per heavy atom. The summed E-state index contributed by atoms with van der Waals surface area (Å²) in [6.07, 6.45) is 0. The molecule has 0 unspecified atom stereocenters. The van der Waals surface area contributed by atoms with Crippen molar-refractivity contribution in [3.05, 3.63) is 20.3 Å². The average Bonchev–Trinajstić information content (AvgIpc) is 2.06. The Kier molecular flexibility index (Phi) is 2.90. The van der Waals surface area contributed by atoms with E-state index in [2.05, 4.69) is 15.9 Å². The van der Waals surface area contributed by atoms with Crippen molar-refractivity contribution in [2.45, 2.75) is 12.7 Å². The second-order valence-corrected chi connectivity index (χ2v) is 5.87. The molecule has 0 atom stereocenters. The van der Waals surface area contributed by atoms with Gasteiger partial charge < -0.3 is 0 Å². The minimum Gasteiger partial charge on any atom is -0.194 e. The van der Waals surface area contributed by atoms with Crippen LogP contribution in [0.1, 0.15) is 9.75 Å². The maximum absolute atomic E-state index is 12.2. The van der Waals surface area contributed by atoms with Gasteiger partial charge in [-0.2, -0.15) is 8.42 Å². The van der Waals surface area contributed by atoms with Gasteiger partial charge in [0.2, 0.25) is 0 Å². The fraction of sp³-hybridized carbons (Fsp3) is 0.333. The molecule has 1 rings (SSSR count). The van der Waals surface area contributed by atoms with Crippen LogP contribution in [-0.4, -0.2) is 8.42 Å². The SMILES string of the molecule is Cc1cc(Br)c(CS(=O)(=O)F)s1. The Morgan fingerprint density at radius 3 is 2.58 bits per heavy atom. The molecule has 0 saturated heterocycles. The monoisotopic (exact) mass is 272 g/mol. The van der Waals surface area contributed by atoms with Crippen molar-refractivity contribution in [1.29, 1.82) is 0 Å². The lowest BCUT2D eigenvalue weighted by Crippen LogP contribution is -1.93. The Morgan fingerprint density at radius 2 is 2.25 bits per heavy atom. The van der Waals surface area contributed by atoms with Gasteiger partial charge in [-0.05, 0) is 28.9 Å². The molecule has 1 aromatic heterocycles. The molecule has 2 nitrogen and oxygen atoms in total. The molecule has 0 saturated carbocycles. The van der Waals surface area contributed by atoms with E-state index in [4.69, 9.17) is 0 Å². The molecule has 0 aliphatic carbocycles. The second kappa shape index (κ2) is 3.43. The van der Waals surface area contributed by atoms with Crippen molar-refractivity contribution in [1.82, 2.24) is 0 Å². The molecule has 0 bridgehead atoms. The molecule has 0 fully saturated rings. The standard InChI is InChI=1S/C6H6BrFO2S2/c1-4-2-5(7)6(11-4)3-12(8,9)10/h2H,3H2,1H3. The Balaban J connectivity index is 2.97. The van der Waals surface area contributed by atoms with E-state index < -0.39 is 16.0 Å². The van der Waals surface area contributed by atoms with Crippen LogP contribution >= 0.6 is 27.3 Å². The third kappa shape index (κ3) is 2.84. The smallest absolute Gasteiger partial charge is 0.194 e. The van der Waals surface area contributed by atoms with Gasteiger partial charge in [0.15, 0.2) is 0 Å². The lowest BCUT2D eigenvalue weighted by molar-refractivity contribution is 0.551. The van der Waals surface area contributed by atoms with Gasteiger partial charge in [-0.25, -0.2) is 0 Å². The first-order valence-corrected chi connectivity index (χ1v) is 6.22. The van der Waals surface area contributed by atoms with Crippen molar-refractivity contribution in [3.8, 4) is 0 Å². The van der Waals surface area contributed by atoms with Gasteiger partial charge in [-0.3, -0.25) is 0 Å². The highest BCUT2D eigenvalue weighted by Gasteiger charge is 2.13. The van der Waals surface area contributed by atoms with Gasteiger partial charge in [0.25, 0.3) is 0 Å². The second-order valence-electron chi connectivity index (χ2n) is 2.31. The van der Waals surface area contributed by atoms with Gasteiger partial charge in [0, 0.05) is 14.2 Å². The summed E-state index contributed by atoms with van der Waals surface area (Å²) in [5.74, 6) is -0.536. The van der Waals surface area contributed by atoms with E-state index in [1.807, 2.05) is 6.92 Å². The zero-order chi connectivity index (χ0) is 9.35. The van der Waals surface area contributed by atoms with E-state index in [0.717, 1.165) is 4.88 Å². The predicted molar refractivity (Wildman–Crippen MR) is 50.5 cm³/mol. The van der Waals surface area contributed by atoms with Crippen LogP contribution in [0.25, 0.3) is 0 Å². The molecule has 0 N–H and O–H groups in total. The largest absolute Gasteiger partial charge is 0.307 e. The Bertz CT molecular complexity index is 382. The molecule has 0 aromatic carbocycles. The average molecular weight is 273 g/mol. The summed E-state index contributed by atoms with van der Waals surface area (Å²) in [6, 6.07) is 1.77. The number of halogens is 2. The summed E-state index contributed by atoms with van der Waals surface area (Å²) >= 11 is 4.42. The summed E-state index contributed by atoms with van der Waals surface area (Å²) in [6.45, 7) is 1.84. The molecule has 0 aliphatic rings. The third-order valence-corrected chi connectivity index (χ3v) is 4.02. The van der Waals surface area contributed by atoms with Crippen LogP contribution in [0.4, 0.5) is 3.89 Å². The lowest BCUT2D eigenvalue weighted by atomic mass is 10.5. The van der Waals surface area contributed by atoms with Crippen molar-refractivity contribution in [3.63, 3.8) is 0 Å². The third-order valence-electron chi connectivity index (χ3n) is 1.18. The fourth-order valence-electron chi connectivity index (χ4n) is 0.786. The molecule has 68 valence electrons. The van der Waals surface area contributed by atoms with Crippen molar-refractivity contribution in [2.24, 2.45) is 0 Å². The van der Waals surface area contributed by atoms with Crippen LogP contribution in [0.2, 0.25) is 0 Å².